The average molecular weight is 275 g/mol. The lowest BCUT2D eigenvalue weighted by atomic mass is 9.78. The number of rotatable bonds is 1. The van der Waals surface area contributed by atoms with Crippen LogP contribution in [0.5, 0.6) is 0 Å². The summed E-state index contributed by atoms with van der Waals surface area (Å²) in [5, 5.41) is 0. The van der Waals surface area contributed by atoms with Crippen molar-refractivity contribution < 1.29 is 9.18 Å². The number of likely N-dealkylation sites (tertiary alicyclic amines) is 1. The third-order valence-corrected chi connectivity index (χ3v) is 4.86. The SMILES string of the molecule is Cc1ccc(C(=O)N2CCC[C@H]3CCCC[C@H]32)c(F)c1. The minimum Gasteiger partial charge on any atom is -0.335 e. The van der Waals surface area contributed by atoms with Crippen LogP contribution in [0.15, 0.2) is 18.2 Å². The van der Waals surface area contributed by atoms with E-state index in [2.05, 4.69) is 0 Å². The van der Waals surface area contributed by atoms with Gasteiger partial charge in [0.25, 0.3) is 5.91 Å². The number of fused-ring (bicyclic) bond motifs is 1. The number of benzene rings is 1. The zero-order valence-electron chi connectivity index (χ0n) is 12.1. The smallest absolute Gasteiger partial charge is 0.257 e. The lowest BCUT2D eigenvalue weighted by Crippen LogP contribution is -2.49. The van der Waals surface area contributed by atoms with Crippen LogP contribution >= 0.6 is 0 Å². The highest BCUT2D eigenvalue weighted by Gasteiger charge is 2.36. The molecule has 3 heteroatoms. The highest BCUT2D eigenvalue weighted by molar-refractivity contribution is 5.94. The standard InChI is InChI=1S/C17H22FNO/c1-12-8-9-14(15(18)11-12)17(20)19-10-4-6-13-5-2-3-7-16(13)19/h8-9,11,13,16H,2-7,10H2,1H3/t13-,16-/m1/s1. The first-order chi connectivity index (χ1) is 9.66. The van der Waals surface area contributed by atoms with Gasteiger partial charge in [0.05, 0.1) is 5.56 Å². The van der Waals surface area contributed by atoms with Crippen LogP contribution in [-0.4, -0.2) is 23.4 Å². The van der Waals surface area contributed by atoms with Crippen molar-refractivity contribution in [3.8, 4) is 0 Å². The molecule has 20 heavy (non-hydrogen) atoms. The maximum atomic E-state index is 14.0. The number of hydrogen-bond acceptors (Lipinski definition) is 1. The molecular weight excluding hydrogens is 253 g/mol. The van der Waals surface area contributed by atoms with E-state index in [9.17, 15) is 9.18 Å². The van der Waals surface area contributed by atoms with Gasteiger partial charge in [0.15, 0.2) is 0 Å². The monoisotopic (exact) mass is 275 g/mol. The second kappa shape index (κ2) is 5.55. The van der Waals surface area contributed by atoms with Crippen LogP contribution < -0.4 is 0 Å². The number of carbonyl (C=O) groups excluding carboxylic acids is 1. The molecule has 0 radical (unpaired) electrons. The molecule has 0 N–H and O–H groups in total. The van der Waals surface area contributed by atoms with Crippen LogP contribution in [0.25, 0.3) is 0 Å². The molecule has 2 atom stereocenters. The Morgan fingerprint density at radius 2 is 1.95 bits per heavy atom. The quantitative estimate of drug-likeness (QED) is 0.760. The van der Waals surface area contributed by atoms with Crippen molar-refractivity contribution in [2.75, 3.05) is 6.54 Å². The zero-order chi connectivity index (χ0) is 14.1. The summed E-state index contributed by atoms with van der Waals surface area (Å²) in [6.45, 7) is 2.63. The van der Waals surface area contributed by atoms with Crippen molar-refractivity contribution in [1.29, 1.82) is 0 Å². The summed E-state index contributed by atoms with van der Waals surface area (Å²) < 4.78 is 14.0. The van der Waals surface area contributed by atoms with E-state index >= 15 is 0 Å². The molecular formula is C17H22FNO. The Hall–Kier alpha value is -1.38. The maximum Gasteiger partial charge on any atom is 0.257 e. The highest BCUT2D eigenvalue weighted by Crippen LogP contribution is 2.36. The number of hydrogen-bond donors (Lipinski definition) is 0. The molecule has 1 amide bonds. The number of aryl methyl sites for hydroxylation is 1. The molecule has 108 valence electrons. The minimum absolute atomic E-state index is 0.112. The molecule has 2 aliphatic rings. The summed E-state index contributed by atoms with van der Waals surface area (Å²) in [4.78, 5) is 14.6. The van der Waals surface area contributed by atoms with Gasteiger partial charge in [-0.3, -0.25) is 4.79 Å². The number of nitrogens with zero attached hydrogens (tertiary/aromatic N) is 1. The van der Waals surface area contributed by atoms with Crippen molar-refractivity contribution in [1.82, 2.24) is 4.90 Å². The first-order valence-corrected chi connectivity index (χ1v) is 7.74. The summed E-state index contributed by atoms with van der Waals surface area (Å²) in [6, 6.07) is 5.25. The Bertz CT molecular complexity index is 512. The maximum absolute atomic E-state index is 14.0. The van der Waals surface area contributed by atoms with Crippen LogP contribution in [0.2, 0.25) is 0 Å². The third kappa shape index (κ3) is 2.46. The Balaban J connectivity index is 1.85. The van der Waals surface area contributed by atoms with Crippen molar-refractivity contribution in [3.05, 3.63) is 35.1 Å². The molecule has 0 unspecified atom stereocenters. The van der Waals surface area contributed by atoms with Gasteiger partial charge < -0.3 is 4.90 Å². The first kappa shape index (κ1) is 13.6. The van der Waals surface area contributed by atoms with E-state index in [1.165, 1.54) is 31.7 Å². The van der Waals surface area contributed by atoms with E-state index in [0.717, 1.165) is 24.9 Å². The fraction of sp³-hybridized carbons (Fsp3) is 0.588. The minimum atomic E-state index is -0.382. The van der Waals surface area contributed by atoms with Gasteiger partial charge in [0, 0.05) is 12.6 Å². The summed E-state index contributed by atoms with van der Waals surface area (Å²) in [6.07, 6.45) is 7.07. The number of halogens is 1. The second-order valence-corrected chi connectivity index (χ2v) is 6.24. The van der Waals surface area contributed by atoms with E-state index < -0.39 is 0 Å². The highest BCUT2D eigenvalue weighted by atomic mass is 19.1. The lowest BCUT2D eigenvalue weighted by Gasteiger charge is -2.44. The van der Waals surface area contributed by atoms with Crippen LogP contribution in [0.4, 0.5) is 4.39 Å². The molecule has 3 rings (SSSR count). The van der Waals surface area contributed by atoms with Gasteiger partial charge in [0.1, 0.15) is 5.82 Å². The predicted molar refractivity (Wildman–Crippen MR) is 77.2 cm³/mol. The summed E-state index contributed by atoms with van der Waals surface area (Å²) >= 11 is 0. The molecule has 0 spiro atoms. The van der Waals surface area contributed by atoms with Crippen molar-refractivity contribution in [2.45, 2.75) is 51.5 Å². The third-order valence-electron chi connectivity index (χ3n) is 4.86. The molecule has 2 fully saturated rings. The normalized spacial score (nSPS) is 26.2. The largest absolute Gasteiger partial charge is 0.335 e. The molecule has 1 aromatic rings. The lowest BCUT2D eigenvalue weighted by molar-refractivity contribution is 0.0386. The molecule has 2 nitrogen and oxygen atoms in total. The van der Waals surface area contributed by atoms with E-state index in [-0.39, 0.29) is 17.3 Å². The van der Waals surface area contributed by atoms with Crippen LogP contribution in [-0.2, 0) is 0 Å². The number of carbonyl (C=O) groups is 1. The van der Waals surface area contributed by atoms with Crippen molar-refractivity contribution in [3.63, 3.8) is 0 Å². The van der Waals surface area contributed by atoms with Gasteiger partial charge >= 0.3 is 0 Å². The number of amides is 1. The zero-order valence-corrected chi connectivity index (χ0v) is 12.1. The van der Waals surface area contributed by atoms with E-state index in [1.807, 2.05) is 17.9 Å². The van der Waals surface area contributed by atoms with Crippen molar-refractivity contribution in [2.24, 2.45) is 5.92 Å². The Labute approximate surface area is 120 Å². The molecule has 1 aromatic carbocycles. The fourth-order valence-electron chi connectivity index (χ4n) is 3.83. The molecule has 1 aliphatic carbocycles. The Kier molecular flexibility index (Phi) is 3.77. The Morgan fingerprint density at radius 3 is 2.75 bits per heavy atom. The van der Waals surface area contributed by atoms with Gasteiger partial charge in [-0.05, 0) is 56.2 Å². The van der Waals surface area contributed by atoms with Crippen molar-refractivity contribution >= 4 is 5.91 Å². The molecule has 1 aliphatic heterocycles. The van der Waals surface area contributed by atoms with Gasteiger partial charge in [-0.1, -0.05) is 18.9 Å². The van der Waals surface area contributed by atoms with Gasteiger partial charge in [-0.25, -0.2) is 4.39 Å². The van der Waals surface area contributed by atoms with Gasteiger partial charge in [-0.2, -0.15) is 0 Å². The fourth-order valence-corrected chi connectivity index (χ4v) is 3.83. The van der Waals surface area contributed by atoms with E-state index in [4.69, 9.17) is 0 Å². The molecule has 0 aromatic heterocycles. The number of piperidine rings is 1. The summed E-state index contributed by atoms with van der Waals surface area (Å²) in [7, 11) is 0. The second-order valence-electron chi connectivity index (χ2n) is 6.24. The Morgan fingerprint density at radius 1 is 1.20 bits per heavy atom. The van der Waals surface area contributed by atoms with Crippen LogP contribution in [0.3, 0.4) is 0 Å². The van der Waals surface area contributed by atoms with Crippen LogP contribution in [0, 0.1) is 18.7 Å². The van der Waals surface area contributed by atoms with E-state index in [1.54, 1.807) is 6.07 Å². The molecule has 0 bridgehead atoms. The summed E-state index contributed by atoms with van der Waals surface area (Å²) in [5.41, 5.74) is 1.09. The van der Waals surface area contributed by atoms with Gasteiger partial charge in [-0.15, -0.1) is 0 Å². The molecule has 1 saturated heterocycles. The van der Waals surface area contributed by atoms with Gasteiger partial charge in [0.2, 0.25) is 0 Å². The molecule has 1 saturated carbocycles. The topological polar surface area (TPSA) is 20.3 Å². The average Bonchev–Trinajstić information content (AvgIpc) is 2.46. The first-order valence-electron chi connectivity index (χ1n) is 7.74. The predicted octanol–water partition coefficient (Wildman–Crippen LogP) is 3.93. The van der Waals surface area contributed by atoms with Crippen LogP contribution in [0.1, 0.15) is 54.4 Å². The molecule has 1 heterocycles. The summed E-state index contributed by atoms with van der Waals surface area (Å²) in [5.74, 6) is 0.141. The van der Waals surface area contributed by atoms with E-state index in [0.29, 0.717) is 12.0 Å².